The zero-order valence-electron chi connectivity index (χ0n) is 10.9. The monoisotopic (exact) mass is 290 g/mol. The third-order valence-corrected chi connectivity index (χ3v) is 3.27. The van der Waals surface area contributed by atoms with Crippen LogP contribution in [0.2, 0.25) is 0 Å². The summed E-state index contributed by atoms with van der Waals surface area (Å²) in [5.41, 5.74) is 0.141. The SMILES string of the molecule is CN1C(=O)CC(Nc2nc3c([N+](=O)[O-])cccc3o2)C1=O. The average Bonchev–Trinajstić information content (AvgIpc) is 2.95. The zero-order chi connectivity index (χ0) is 15.1. The number of amides is 2. The van der Waals surface area contributed by atoms with Crippen molar-refractivity contribution in [2.24, 2.45) is 0 Å². The lowest BCUT2D eigenvalue weighted by molar-refractivity contribution is -0.383. The lowest BCUT2D eigenvalue weighted by Crippen LogP contribution is -2.31. The number of carbonyl (C=O) groups excluding carboxylic acids is 2. The summed E-state index contributed by atoms with van der Waals surface area (Å²) in [5, 5.41) is 13.6. The number of anilines is 1. The van der Waals surface area contributed by atoms with E-state index in [9.17, 15) is 19.7 Å². The van der Waals surface area contributed by atoms with E-state index in [1.807, 2.05) is 0 Å². The van der Waals surface area contributed by atoms with Crippen LogP contribution in [-0.4, -0.2) is 39.7 Å². The van der Waals surface area contributed by atoms with Crippen LogP contribution in [0.4, 0.5) is 11.7 Å². The number of aromatic nitrogens is 1. The Labute approximate surface area is 117 Å². The van der Waals surface area contributed by atoms with Crippen LogP contribution < -0.4 is 5.32 Å². The second-order valence-corrected chi connectivity index (χ2v) is 4.59. The Morgan fingerprint density at radius 1 is 1.48 bits per heavy atom. The van der Waals surface area contributed by atoms with Crippen molar-refractivity contribution in [1.82, 2.24) is 9.88 Å². The van der Waals surface area contributed by atoms with Gasteiger partial charge in [-0.2, -0.15) is 4.98 Å². The first kappa shape index (κ1) is 13.0. The molecule has 0 aliphatic carbocycles. The largest absolute Gasteiger partial charge is 0.423 e. The topological polar surface area (TPSA) is 119 Å². The van der Waals surface area contributed by atoms with Crippen molar-refractivity contribution in [2.45, 2.75) is 12.5 Å². The van der Waals surface area contributed by atoms with Gasteiger partial charge in [-0.1, -0.05) is 6.07 Å². The highest BCUT2D eigenvalue weighted by molar-refractivity contribution is 6.06. The minimum Gasteiger partial charge on any atom is -0.423 e. The van der Waals surface area contributed by atoms with E-state index < -0.39 is 16.9 Å². The lowest BCUT2D eigenvalue weighted by Gasteiger charge is -2.08. The highest BCUT2D eigenvalue weighted by atomic mass is 16.6. The van der Waals surface area contributed by atoms with Crippen molar-refractivity contribution in [3.8, 4) is 0 Å². The number of hydrogen-bond donors (Lipinski definition) is 1. The van der Waals surface area contributed by atoms with E-state index in [1.54, 1.807) is 0 Å². The number of likely N-dealkylation sites (N-methyl/N-ethyl adjacent to an activating group) is 1. The molecule has 2 amide bonds. The normalized spacial score (nSPS) is 18.5. The van der Waals surface area contributed by atoms with E-state index >= 15 is 0 Å². The van der Waals surface area contributed by atoms with Crippen LogP contribution in [0, 0.1) is 10.1 Å². The number of nitrogens with zero attached hydrogens (tertiary/aromatic N) is 3. The summed E-state index contributed by atoms with van der Waals surface area (Å²) in [6.07, 6.45) is -0.00382. The zero-order valence-corrected chi connectivity index (χ0v) is 10.9. The number of nitro groups is 1. The van der Waals surface area contributed by atoms with Gasteiger partial charge in [0, 0.05) is 13.1 Å². The number of imide groups is 1. The summed E-state index contributed by atoms with van der Waals surface area (Å²) < 4.78 is 5.33. The molecule has 1 saturated heterocycles. The summed E-state index contributed by atoms with van der Waals surface area (Å²) in [4.78, 5) is 38.5. The average molecular weight is 290 g/mol. The number of non-ortho nitro benzene ring substituents is 1. The maximum atomic E-state index is 11.8. The van der Waals surface area contributed by atoms with E-state index in [-0.39, 0.29) is 35.1 Å². The number of likely N-dealkylation sites (tertiary alicyclic amines) is 1. The third kappa shape index (κ3) is 2.08. The first-order valence-corrected chi connectivity index (χ1v) is 6.08. The lowest BCUT2D eigenvalue weighted by atomic mass is 10.2. The molecule has 1 aliphatic rings. The fourth-order valence-corrected chi connectivity index (χ4v) is 2.16. The molecule has 1 atom stereocenters. The van der Waals surface area contributed by atoms with Gasteiger partial charge in [-0.05, 0) is 6.07 Å². The van der Waals surface area contributed by atoms with E-state index in [1.165, 1.54) is 25.2 Å². The van der Waals surface area contributed by atoms with Crippen LogP contribution in [0.5, 0.6) is 0 Å². The number of carbonyl (C=O) groups is 2. The number of nitro benzene ring substituents is 1. The molecule has 0 spiro atoms. The van der Waals surface area contributed by atoms with E-state index in [4.69, 9.17) is 4.42 Å². The van der Waals surface area contributed by atoms with Gasteiger partial charge in [-0.15, -0.1) is 0 Å². The number of benzene rings is 1. The number of nitrogens with one attached hydrogen (secondary N) is 1. The van der Waals surface area contributed by atoms with Crippen LogP contribution >= 0.6 is 0 Å². The molecular formula is C12H10N4O5. The molecular weight excluding hydrogens is 280 g/mol. The second kappa shape index (κ2) is 4.54. The molecule has 0 radical (unpaired) electrons. The predicted molar refractivity (Wildman–Crippen MR) is 70.5 cm³/mol. The Morgan fingerprint density at radius 2 is 2.24 bits per heavy atom. The van der Waals surface area contributed by atoms with Gasteiger partial charge >= 0.3 is 0 Å². The van der Waals surface area contributed by atoms with Crippen molar-refractivity contribution >= 4 is 34.6 Å². The Hall–Kier alpha value is -2.97. The molecule has 1 aliphatic heterocycles. The molecule has 9 nitrogen and oxygen atoms in total. The standard InChI is InChI=1S/C12H10N4O5/c1-15-9(17)5-6(11(15)18)13-12-14-10-7(16(19)20)3-2-4-8(10)21-12/h2-4,6H,5H2,1H3,(H,13,14). The smallest absolute Gasteiger partial charge is 0.298 e. The minimum atomic E-state index is -0.769. The van der Waals surface area contributed by atoms with Gasteiger partial charge in [-0.25, -0.2) is 0 Å². The van der Waals surface area contributed by atoms with Crippen LogP contribution in [0.3, 0.4) is 0 Å². The molecule has 0 saturated carbocycles. The first-order valence-electron chi connectivity index (χ1n) is 6.08. The molecule has 2 aromatic rings. The highest BCUT2D eigenvalue weighted by Gasteiger charge is 2.37. The number of hydrogen-bond acceptors (Lipinski definition) is 7. The van der Waals surface area contributed by atoms with E-state index in [0.29, 0.717) is 0 Å². The van der Waals surface area contributed by atoms with Gasteiger partial charge in [0.1, 0.15) is 6.04 Å². The maximum absolute atomic E-state index is 11.8. The number of para-hydroxylation sites is 1. The van der Waals surface area contributed by atoms with Crippen molar-refractivity contribution in [2.75, 3.05) is 12.4 Å². The number of oxazole rings is 1. The molecule has 9 heteroatoms. The van der Waals surface area contributed by atoms with Gasteiger partial charge in [-0.3, -0.25) is 24.6 Å². The number of rotatable bonds is 3. The Morgan fingerprint density at radius 3 is 2.86 bits per heavy atom. The molecule has 3 rings (SSSR count). The van der Waals surface area contributed by atoms with Crippen molar-refractivity contribution in [3.63, 3.8) is 0 Å². The first-order chi connectivity index (χ1) is 9.97. The van der Waals surface area contributed by atoms with Gasteiger partial charge in [0.05, 0.1) is 11.3 Å². The summed E-state index contributed by atoms with van der Waals surface area (Å²) in [6.45, 7) is 0. The molecule has 1 unspecified atom stereocenters. The van der Waals surface area contributed by atoms with Crippen molar-refractivity contribution in [1.29, 1.82) is 0 Å². The fourth-order valence-electron chi connectivity index (χ4n) is 2.16. The maximum Gasteiger partial charge on any atom is 0.298 e. The molecule has 2 heterocycles. The van der Waals surface area contributed by atoms with Gasteiger partial charge in [0.25, 0.3) is 17.6 Å². The molecule has 1 aromatic carbocycles. The van der Waals surface area contributed by atoms with Gasteiger partial charge in [0.15, 0.2) is 11.1 Å². The Bertz CT molecular complexity index is 768. The van der Waals surface area contributed by atoms with Gasteiger partial charge in [0.2, 0.25) is 5.91 Å². The van der Waals surface area contributed by atoms with Crippen molar-refractivity contribution < 1.29 is 18.9 Å². The second-order valence-electron chi connectivity index (χ2n) is 4.59. The molecule has 1 N–H and O–H groups in total. The Balaban J connectivity index is 1.92. The quantitative estimate of drug-likeness (QED) is 0.506. The van der Waals surface area contributed by atoms with Crippen LogP contribution in [0.25, 0.3) is 11.1 Å². The molecule has 21 heavy (non-hydrogen) atoms. The van der Waals surface area contributed by atoms with Gasteiger partial charge < -0.3 is 9.73 Å². The summed E-state index contributed by atoms with van der Waals surface area (Å²) in [6, 6.07) is 3.53. The predicted octanol–water partition coefficient (Wildman–Crippen LogP) is 0.905. The third-order valence-electron chi connectivity index (χ3n) is 3.27. The summed E-state index contributed by atoms with van der Waals surface area (Å²) in [7, 11) is 1.39. The summed E-state index contributed by atoms with van der Waals surface area (Å²) >= 11 is 0. The van der Waals surface area contributed by atoms with Crippen LogP contribution in [-0.2, 0) is 9.59 Å². The van der Waals surface area contributed by atoms with Crippen molar-refractivity contribution in [3.05, 3.63) is 28.3 Å². The van der Waals surface area contributed by atoms with Crippen LogP contribution in [0.15, 0.2) is 22.6 Å². The Kier molecular flexibility index (Phi) is 2.82. The minimum absolute atomic E-state index is 0.00382. The molecule has 1 aromatic heterocycles. The molecule has 0 bridgehead atoms. The molecule has 1 fully saturated rings. The van der Waals surface area contributed by atoms with E-state index in [0.717, 1.165) is 4.90 Å². The fraction of sp³-hybridized carbons (Fsp3) is 0.250. The van der Waals surface area contributed by atoms with Crippen LogP contribution in [0.1, 0.15) is 6.42 Å². The highest BCUT2D eigenvalue weighted by Crippen LogP contribution is 2.28. The van der Waals surface area contributed by atoms with E-state index in [2.05, 4.69) is 10.3 Å². The number of fused-ring (bicyclic) bond motifs is 1. The molecule has 108 valence electrons. The summed E-state index contributed by atoms with van der Waals surface area (Å²) in [5.74, 6) is -0.698.